The summed E-state index contributed by atoms with van der Waals surface area (Å²) in [5.41, 5.74) is 1.01. The number of amidine groups is 1. The highest BCUT2D eigenvalue weighted by Crippen LogP contribution is 2.28. The van der Waals surface area contributed by atoms with Crippen molar-refractivity contribution in [2.75, 3.05) is 33.4 Å². The van der Waals surface area contributed by atoms with Crippen molar-refractivity contribution in [1.29, 1.82) is 0 Å². The monoisotopic (exact) mass is 326 g/mol. The second-order valence-electron chi connectivity index (χ2n) is 5.39. The Balaban J connectivity index is 1.58. The van der Waals surface area contributed by atoms with Gasteiger partial charge in [0.25, 0.3) is 0 Å². The quantitative estimate of drug-likeness (QED) is 0.795. The minimum absolute atomic E-state index is 0.448. The smallest absolute Gasteiger partial charge is 0.161 e. The van der Waals surface area contributed by atoms with Gasteiger partial charge in [-0.3, -0.25) is 4.99 Å². The standard InChI is InChI=1S/C19H22N2O3/c1-22-18-14-15(19-20-10-5-11-21-19)8-9-17(18)24-13-12-23-16-6-3-2-4-7-16/h2-4,6-9,14H,5,10-13H2,1H3,(H,20,21). The summed E-state index contributed by atoms with van der Waals surface area (Å²) in [5, 5.41) is 3.31. The molecule has 5 nitrogen and oxygen atoms in total. The van der Waals surface area contributed by atoms with Crippen LogP contribution in [0.15, 0.2) is 53.5 Å². The largest absolute Gasteiger partial charge is 0.493 e. The number of nitrogens with zero attached hydrogens (tertiary/aromatic N) is 1. The van der Waals surface area contributed by atoms with Crippen LogP contribution in [0.2, 0.25) is 0 Å². The van der Waals surface area contributed by atoms with Crippen LogP contribution < -0.4 is 19.5 Å². The molecule has 0 saturated carbocycles. The zero-order chi connectivity index (χ0) is 16.6. The summed E-state index contributed by atoms with van der Waals surface area (Å²) >= 11 is 0. The molecule has 1 aliphatic heterocycles. The Kier molecular flexibility index (Phi) is 5.56. The number of ether oxygens (including phenoxy) is 3. The van der Waals surface area contributed by atoms with E-state index in [1.165, 1.54) is 0 Å². The fraction of sp³-hybridized carbons (Fsp3) is 0.316. The average Bonchev–Trinajstić information content (AvgIpc) is 2.67. The molecular formula is C19H22N2O3. The van der Waals surface area contributed by atoms with Crippen LogP contribution in [0, 0.1) is 0 Å². The van der Waals surface area contributed by atoms with Gasteiger partial charge in [-0.15, -0.1) is 0 Å². The lowest BCUT2D eigenvalue weighted by Crippen LogP contribution is -2.30. The maximum absolute atomic E-state index is 5.78. The van der Waals surface area contributed by atoms with Crippen LogP contribution >= 0.6 is 0 Å². The highest BCUT2D eigenvalue weighted by Gasteiger charge is 2.11. The molecule has 126 valence electrons. The van der Waals surface area contributed by atoms with Gasteiger partial charge in [0.2, 0.25) is 0 Å². The number of nitrogens with one attached hydrogen (secondary N) is 1. The van der Waals surface area contributed by atoms with E-state index in [2.05, 4.69) is 10.3 Å². The molecule has 2 aromatic carbocycles. The Morgan fingerprint density at radius 3 is 2.58 bits per heavy atom. The molecule has 1 N–H and O–H groups in total. The molecular weight excluding hydrogens is 304 g/mol. The maximum Gasteiger partial charge on any atom is 0.161 e. The van der Waals surface area contributed by atoms with Gasteiger partial charge in [0, 0.05) is 18.7 Å². The van der Waals surface area contributed by atoms with Crippen molar-refractivity contribution in [3.8, 4) is 17.2 Å². The van der Waals surface area contributed by atoms with Gasteiger partial charge in [0.15, 0.2) is 11.5 Å². The fourth-order valence-electron chi connectivity index (χ4n) is 2.49. The molecule has 0 fully saturated rings. The number of rotatable bonds is 7. The van der Waals surface area contributed by atoms with Crippen molar-refractivity contribution in [2.24, 2.45) is 4.99 Å². The number of aliphatic imine (C=N–C) groups is 1. The summed E-state index contributed by atoms with van der Waals surface area (Å²) in [6.07, 6.45) is 1.07. The number of benzene rings is 2. The van der Waals surface area contributed by atoms with E-state index in [9.17, 15) is 0 Å². The molecule has 24 heavy (non-hydrogen) atoms. The third-order valence-corrected chi connectivity index (χ3v) is 3.69. The zero-order valence-electron chi connectivity index (χ0n) is 13.8. The molecule has 0 saturated heterocycles. The molecule has 0 spiro atoms. The Morgan fingerprint density at radius 1 is 1.00 bits per heavy atom. The van der Waals surface area contributed by atoms with Crippen LogP contribution in [0.5, 0.6) is 17.2 Å². The summed E-state index contributed by atoms with van der Waals surface area (Å²) in [5.74, 6) is 3.15. The SMILES string of the molecule is COc1cc(C2=NCCCN2)ccc1OCCOc1ccccc1. The molecule has 0 radical (unpaired) electrons. The van der Waals surface area contributed by atoms with Gasteiger partial charge in [0.1, 0.15) is 24.8 Å². The lowest BCUT2D eigenvalue weighted by atomic mass is 10.1. The first-order chi connectivity index (χ1) is 11.9. The fourth-order valence-corrected chi connectivity index (χ4v) is 2.49. The van der Waals surface area contributed by atoms with Crippen molar-refractivity contribution < 1.29 is 14.2 Å². The van der Waals surface area contributed by atoms with E-state index in [4.69, 9.17) is 14.2 Å². The highest BCUT2D eigenvalue weighted by atomic mass is 16.5. The van der Waals surface area contributed by atoms with E-state index >= 15 is 0 Å². The number of methoxy groups -OCH3 is 1. The minimum atomic E-state index is 0.448. The zero-order valence-corrected chi connectivity index (χ0v) is 13.8. The molecule has 0 unspecified atom stereocenters. The summed E-state index contributed by atoms with van der Waals surface area (Å²) < 4.78 is 16.9. The number of hydrogen-bond donors (Lipinski definition) is 1. The Labute approximate surface area is 142 Å². The number of hydrogen-bond acceptors (Lipinski definition) is 5. The van der Waals surface area contributed by atoms with E-state index < -0.39 is 0 Å². The van der Waals surface area contributed by atoms with Crippen LogP contribution in [0.3, 0.4) is 0 Å². The maximum atomic E-state index is 5.78. The average molecular weight is 326 g/mol. The van der Waals surface area contributed by atoms with Crippen LogP contribution in [-0.2, 0) is 0 Å². The third kappa shape index (κ3) is 4.19. The van der Waals surface area contributed by atoms with E-state index in [1.807, 2.05) is 48.5 Å². The van der Waals surface area contributed by atoms with Gasteiger partial charge in [-0.05, 0) is 36.8 Å². The number of para-hydroxylation sites is 1. The van der Waals surface area contributed by atoms with Gasteiger partial charge in [-0.25, -0.2) is 0 Å². The molecule has 0 aromatic heterocycles. The van der Waals surface area contributed by atoms with E-state index in [-0.39, 0.29) is 0 Å². The Bertz CT molecular complexity index is 686. The van der Waals surface area contributed by atoms with Crippen molar-refractivity contribution in [2.45, 2.75) is 6.42 Å². The predicted octanol–water partition coefficient (Wildman–Crippen LogP) is 2.89. The van der Waals surface area contributed by atoms with Crippen LogP contribution in [0.25, 0.3) is 0 Å². The van der Waals surface area contributed by atoms with Crippen molar-refractivity contribution in [3.63, 3.8) is 0 Å². The molecule has 0 bridgehead atoms. The molecule has 0 amide bonds. The van der Waals surface area contributed by atoms with Crippen LogP contribution in [0.1, 0.15) is 12.0 Å². The Hall–Kier alpha value is -2.69. The summed E-state index contributed by atoms with van der Waals surface area (Å²) in [4.78, 5) is 4.50. The van der Waals surface area contributed by atoms with Gasteiger partial charge in [0.05, 0.1) is 7.11 Å². The molecule has 0 atom stereocenters. The molecule has 0 aliphatic carbocycles. The minimum Gasteiger partial charge on any atom is -0.493 e. The lowest BCUT2D eigenvalue weighted by molar-refractivity contribution is 0.211. The first-order valence-electron chi connectivity index (χ1n) is 8.14. The summed E-state index contributed by atoms with van der Waals surface area (Å²) in [6, 6.07) is 15.6. The normalized spacial score (nSPS) is 13.6. The van der Waals surface area contributed by atoms with Gasteiger partial charge < -0.3 is 19.5 Å². The molecule has 3 rings (SSSR count). The molecule has 5 heteroatoms. The second kappa shape index (κ2) is 8.24. The van der Waals surface area contributed by atoms with Crippen molar-refractivity contribution in [1.82, 2.24) is 5.32 Å². The topological polar surface area (TPSA) is 52.1 Å². The molecule has 1 heterocycles. The van der Waals surface area contributed by atoms with Gasteiger partial charge in [-0.2, -0.15) is 0 Å². The second-order valence-corrected chi connectivity index (χ2v) is 5.39. The summed E-state index contributed by atoms with van der Waals surface area (Å²) in [7, 11) is 1.64. The van der Waals surface area contributed by atoms with Gasteiger partial charge >= 0.3 is 0 Å². The van der Waals surface area contributed by atoms with Crippen LogP contribution in [0.4, 0.5) is 0 Å². The first kappa shape index (κ1) is 16.2. The predicted molar refractivity (Wildman–Crippen MR) is 94.4 cm³/mol. The highest BCUT2D eigenvalue weighted by molar-refractivity contribution is 5.99. The van der Waals surface area contributed by atoms with E-state index in [1.54, 1.807) is 7.11 Å². The van der Waals surface area contributed by atoms with E-state index in [0.29, 0.717) is 24.7 Å². The third-order valence-electron chi connectivity index (χ3n) is 3.69. The van der Waals surface area contributed by atoms with E-state index in [0.717, 1.165) is 36.7 Å². The summed E-state index contributed by atoms with van der Waals surface area (Å²) in [6.45, 7) is 2.74. The molecule has 2 aromatic rings. The first-order valence-corrected chi connectivity index (χ1v) is 8.14. The Morgan fingerprint density at radius 2 is 1.83 bits per heavy atom. The van der Waals surface area contributed by atoms with Crippen molar-refractivity contribution >= 4 is 5.84 Å². The van der Waals surface area contributed by atoms with Crippen molar-refractivity contribution in [3.05, 3.63) is 54.1 Å². The molecule has 1 aliphatic rings. The van der Waals surface area contributed by atoms with Gasteiger partial charge in [-0.1, -0.05) is 18.2 Å². The lowest BCUT2D eigenvalue weighted by Gasteiger charge is -2.17. The van der Waals surface area contributed by atoms with Crippen LogP contribution in [-0.4, -0.2) is 39.2 Å².